The first kappa shape index (κ1) is 12.2. The summed E-state index contributed by atoms with van der Waals surface area (Å²) < 4.78 is 0. The minimum Gasteiger partial charge on any atom is -0.310 e. The van der Waals surface area contributed by atoms with Crippen molar-refractivity contribution in [2.24, 2.45) is 5.92 Å². The summed E-state index contributed by atoms with van der Waals surface area (Å²) in [6.45, 7) is 9.76. The summed E-state index contributed by atoms with van der Waals surface area (Å²) in [5, 5.41) is 3.53. The van der Waals surface area contributed by atoms with Gasteiger partial charge in [0.2, 0.25) is 0 Å². The fraction of sp³-hybridized carbons (Fsp3) is 0.615. The zero-order valence-electron chi connectivity index (χ0n) is 10.2. The average molecular weight is 206 g/mol. The van der Waals surface area contributed by atoms with Gasteiger partial charge in [-0.15, -0.1) is 0 Å². The van der Waals surface area contributed by atoms with Crippen molar-refractivity contribution in [3.63, 3.8) is 0 Å². The molecule has 0 aliphatic carbocycles. The van der Waals surface area contributed by atoms with Crippen molar-refractivity contribution >= 4 is 0 Å². The Morgan fingerprint density at radius 1 is 1.40 bits per heavy atom. The number of hydrogen-bond acceptors (Lipinski definition) is 2. The molecule has 0 spiro atoms. The van der Waals surface area contributed by atoms with E-state index in [-0.39, 0.29) is 0 Å². The van der Waals surface area contributed by atoms with Gasteiger partial charge < -0.3 is 5.32 Å². The topological polar surface area (TPSA) is 24.9 Å². The highest BCUT2D eigenvalue weighted by Gasteiger charge is 2.14. The summed E-state index contributed by atoms with van der Waals surface area (Å²) in [6, 6.07) is 4.65. The van der Waals surface area contributed by atoms with Gasteiger partial charge >= 0.3 is 0 Å². The molecule has 1 unspecified atom stereocenters. The Morgan fingerprint density at radius 2 is 2.13 bits per heavy atom. The van der Waals surface area contributed by atoms with E-state index in [2.05, 4.69) is 44.1 Å². The minimum absolute atomic E-state index is 0.448. The molecule has 2 nitrogen and oxygen atoms in total. The van der Waals surface area contributed by atoms with Crippen molar-refractivity contribution in [2.75, 3.05) is 6.54 Å². The van der Waals surface area contributed by atoms with Gasteiger partial charge in [0.15, 0.2) is 0 Å². The Hall–Kier alpha value is -0.890. The lowest BCUT2D eigenvalue weighted by atomic mass is 9.96. The van der Waals surface area contributed by atoms with E-state index in [0.717, 1.165) is 12.2 Å². The molecule has 0 amide bonds. The van der Waals surface area contributed by atoms with Gasteiger partial charge in [-0.05, 0) is 37.4 Å². The molecule has 2 heteroatoms. The van der Waals surface area contributed by atoms with Gasteiger partial charge in [0, 0.05) is 17.9 Å². The van der Waals surface area contributed by atoms with E-state index >= 15 is 0 Å². The van der Waals surface area contributed by atoms with Crippen LogP contribution >= 0.6 is 0 Å². The maximum absolute atomic E-state index is 4.35. The molecule has 1 atom stereocenters. The predicted molar refractivity (Wildman–Crippen MR) is 64.8 cm³/mol. The van der Waals surface area contributed by atoms with Crippen LogP contribution in [0.3, 0.4) is 0 Å². The molecule has 84 valence electrons. The van der Waals surface area contributed by atoms with Gasteiger partial charge in [0.1, 0.15) is 0 Å². The lowest BCUT2D eigenvalue weighted by Gasteiger charge is -2.21. The van der Waals surface area contributed by atoms with Crippen LogP contribution in [0.4, 0.5) is 0 Å². The van der Waals surface area contributed by atoms with Crippen LogP contribution in [0, 0.1) is 12.8 Å². The second-order valence-corrected chi connectivity index (χ2v) is 4.42. The molecule has 0 saturated carbocycles. The zero-order chi connectivity index (χ0) is 11.3. The van der Waals surface area contributed by atoms with E-state index in [1.807, 2.05) is 12.3 Å². The summed E-state index contributed by atoms with van der Waals surface area (Å²) in [5.74, 6) is 0.702. The highest BCUT2D eigenvalue weighted by molar-refractivity contribution is 5.22. The lowest BCUT2D eigenvalue weighted by Crippen LogP contribution is -2.23. The summed E-state index contributed by atoms with van der Waals surface area (Å²) >= 11 is 0. The molecule has 0 aliphatic heterocycles. The van der Waals surface area contributed by atoms with Crippen molar-refractivity contribution in [1.29, 1.82) is 0 Å². The van der Waals surface area contributed by atoms with Crippen molar-refractivity contribution in [3.8, 4) is 0 Å². The van der Waals surface area contributed by atoms with Gasteiger partial charge in [-0.3, -0.25) is 4.98 Å². The average Bonchev–Trinajstić information content (AvgIpc) is 2.17. The lowest BCUT2D eigenvalue weighted by molar-refractivity contribution is 0.436. The number of pyridine rings is 1. The largest absolute Gasteiger partial charge is 0.310 e. The van der Waals surface area contributed by atoms with Gasteiger partial charge in [-0.1, -0.05) is 26.8 Å². The summed E-state index contributed by atoms with van der Waals surface area (Å²) in [5.41, 5.74) is 2.48. The highest BCUT2D eigenvalue weighted by Crippen LogP contribution is 2.22. The fourth-order valence-electron chi connectivity index (χ4n) is 1.90. The van der Waals surface area contributed by atoms with Crippen LogP contribution < -0.4 is 5.32 Å². The summed E-state index contributed by atoms with van der Waals surface area (Å²) in [7, 11) is 0. The quantitative estimate of drug-likeness (QED) is 0.800. The molecular formula is C13H22N2. The third kappa shape index (κ3) is 3.63. The molecule has 1 aromatic heterocycles. The van der Waals surface area contributed by atoms with Crippen LogP contribution in [-0.4, -0.2) is 11.5 Å². The van der Waals surface area contributed by atoms with Gasteiger partial charge in [0.25, 0.3) is 0 Å². The number of nitrogens with one attached hydrogen (secondary N) is 1. The SMILES string of the molecule is CCNC(CC(C)C)c1cccnc1C. The Balaban J connectivity index is 2.83. The van der Waals surface area contributed by atoms with Crippen molar-refractivity contribution in [2.45, 2.75) is 40.2 Å². The first-order valence-electron chi connectivity index (χ1n) is 5.80. The second-order valence-electron chi connectivity index (χ2n) is 4.42. The molecule has 0 aromatic carbocycles. The molecule has 1 rings (SSSR count). The van der Waals surface area contributed by atoms with Gasteiger partial charge in [0.05, 0.1) is 0 Å². The predicted octanol–water partition coefficient (Wildman–Crippen LogP) is 3.09. The zero-order valence-corrected chi connectivity index (χ0v) is 10.2. The number of aryl methyl sites for hydroxylation is 1. The number of nitrogens with zero attached hydrogens (tertiary/aromatic N) is 1. The van der Waals surface area contributed by atoms with Crippen LogP contribution in [0.15, 0.2) is 18.3 Å². The van der Waals surface area contributed by atoms with Gasteiger partial charge in [-0.2, -0.15) is 0 Å². The van der Waals surface area contributed by atoms with Crippen molar-refractivity contribution < 1.29 is 0 Å². The number of hydrogen-bond donors (Lipinski definition) is 1. The summed E-state index contributed by atoms with van der Waals surface area (Å²) in [6.07, 6.45) is 3.03. The Morgan fingerprint density at radius 3 is 2.67 bits per heavy atom. The third-order valence-electron chi connectivity index (χ3n) is 2.58. The van der Waals surface area contributed by atoms with E-state index < -0.39 is 0 Å². The Bertz CT molecular complexity index is 294. The molecule has 1 aromatic rings. The molecule has 0 aliphatic rings. The first-order chi connectivity index (χ1) is 7.15. The maximum Gasteiger partial charge on any atom is 0.0420 e. The molecule has 0 bridgehead atoms. The van der Waals surface area contributed by atoms with Crippen LogP contribution in [0.5, 0.6) is 0 Å². The van der Waals surface area contributed by atoms with Crippen molar-refractivity contribution in [3.05, 3.63) is 29.6 Å². The van der Waals surface area contributed by atoms with E-state index in [4.69, 9.17) is 0 Å². The first-order valence-corrected chi connectivity index (χ1v) is 5.80. The summed E-state index contributed by atoms with van der Waals surface area (Å²) in [4.78, 5) is 4.35. The molecule has 1 heterocycles. The van der Waals surface area contributed by atoms with Crippen LogP contribution in [-0.2, 0) is 0 Å². The van der Waals surface area contributed by atoms with Crippen LogP contribution in [0.2, 0.25) is 0 Å². The molecule has 1 N–H and O–H groups in total. The van der Waals surface area contributed by atoms with E-state index in [1.54, 1.807) is 0 Å². The number of aromatic nitrogens is 1. The minimum atomic E-state index is 0.448. The Labute approximate surface area is 93.1 Å². The third-order valence-corrected chi connectivity index (χ3v) is 2.58. The monoisotopic (exact) mass is 206 g/mol. The van der Waals surface area contributed by atoms with E-state index in [9.17, 15) is 0 Å². The van der Waals surface area contributed by atoms with Crippen LogP contribution in [0.25, 0.3) is 0 Å². The van der Waals surface area contributed by atoms with E-state index in [0.29, 0.717) is 12.0 Å². The number of rotatable bonds is 5. The molecule has 0 saturated heterocycles. The molecule has 0 radical (unpaired) electrons. The fourth-order valence-corrected chi connectivity index (χ4v) is 1.90. The van der Waals surface area contributed by atoms with E-state index in [1.165, 1.54) is 12.0 Å². The van der Waals surface area contributed by atoms with Gasteiger partial charge in [-0.25, -0.2) is 0 Å². The second kappa shape index (κ2) is 5.86. The maximum atomic E-state index is 4.35. The standard InChI is InChI=1S/C13H22N2/c1-5-14-13(9-10(2)3)12-7-6-8-15-11(12)4/h6-8,10,13-14H,5,9H2,1-4H3. The Kier molecular flexibility index (Phi) is 4.76. The van der Waals surface area contributed by atoms with Crippen LogP contribution in [0.1, 0.15) is 44.5 Å². The smallest absolute Gasteiger partial charge is 0.0420 e. The highest BCUT2D eigenvalue weighted by atomic mass is 14.9. The van der Waals surface area contributed by atoms with Crippen molar-refractivity contribution in [1.82, 2.24) is 10.3 Å². The molecular weight excluding hydrogens is 184 g/mol. The molecule has 0 fully saturated rings. The normalized spacial score (nSPS) is 13.1. The molecule has 15 heavy (non-hydrogen) atoms.